The van der Waals surface area contributed by atoms with Gasteiger partial charge in [0, 0.05) is 63.6 Å². The molecule has 0 aromatic heterocycles. The van der Waals surface area contributed by atoms with Crippen molar-refractivity contribution in [1.29, 1.82) is 0 Å². The highest BCUT2D eigenvalue weighted by molar-refractivity contribution is 7.89. The predicted octanol–water partition coefficient (Wildman–Crippen LogP) is 2.27. The van der Waals surface area contributed by atoms with Gasteiger partial charge in [-0.15, -0.1) is 0 Å². The van der Waals surface area contributed by atoms with Crippen LogP contribution in [0.4, 0.5) is 5.69 Å². The molecule has 1 fully saturated rings. The Hall–Kier alpha value is -2.42. The quantitative estimate of drug-likeness (QED) is 0.642. The van der Waals surface area contributed by atoms with Gasteiger partial charge >= 0.3 is 0 Å². The van der Waals surface area contributed by atoms with Crippen LogP contribution in [0.1, 0.15) is 24.2 Å². The number of piperazine rings is 1. The molecule has 0 unspecified atom stereocenters. The zero-order chi connectivity index (χ0) is 22.3. The van der Waals surface area contributed by atoms with Crippen LogP contribution in [0.15, 0.2) is 59.5 Å². The Morgan fingerprint density at radius 3 is 2.29 bits per heavy atom. The van der Waals surface area contributed by atoms with Crippen LogP contribution >= 0.6 is 0 Å². The number of rotatable bonds is 9. The number of nitrogens with one attached hydrogen (secondary N) is 1. The highest BCUT2D eigenvalue weighted by Crippen LogP contribution is 2.17. The van der Waals surface area contributed by atoms with Crippen LogP contribution in [-0.4, -0.2) is 75.9 Å². The SMILES string of the molecule is CCN(CC)S(=O)(=O)c1cccc(C(=O)NCCN2CCN(c3ccccc3)CC2)c1. The van der Waals surface area contributed by atoms with Crippen molar-refractivity contribution >= 4 is 21.6 Å². The minimum absolute atomic E-state index is 0.154. The summed E-state index contributed by atoms with van der Waals surface area (Å²) in [5.41, 5.74) is 1.61. The molecule has 1 saturated heterocycles. The molecule has 8 heteroatoms. The Labute approximate surface area is 185 Å². The molecule has 0 aliphatic carbocycles. The van der Waals surface area contributed by atoms with Gasteiger partial charge in [0.15, 0.2) is 0 Å². The largest absolute Gasteiger partial charge is 0.369 e. The van der Waals surface area contributed by atoms with Gasteiger partial charge in [0.05, 0.1) is 4.90 Å². The number of amides is 1. The molecule has 1 amide bonds. The molecule has 168 valence electrons. The second-order valence-electron chi connectivity index (χ2n) is 7.54. The molecule has 2 aromatic carbocycles. The number of nitrogens with zero attached hydrogens (tertiary/aromatic N) is 3. The smallest absolute Gasteiger partial charge is 0.251 e. The Morgan fingerprint density at radius 1 is 0.968 bits per heavy atom. The third-order valence-electron chi connectivity index (χ3n) is 5.65. The molecule has 0 bridgehead atoms. The van der Waals surface area contributed by atoms with Crippen LogP contribution in [0.3, 0.4) is 0 Å². The molecule has 0 saturated carbocycles. The van der Waals surface area contributed by atoms with Gasteiger partial charge in [-0.1, -0.05) is 38.1 Å². The first-order valence-electron chi connectivity index (χ1n) is 10.9. The van der Waals surface area contributed by atoms with Gasteiger partial charge < -0.3 is 10.2 Å². The second-order valence-corrected chi connectivity index (χ2v) is 9.48. The Balaban J connectivity index is 1.49. The van der Waals surface area contributed by atoms with E-state index in [1.165, 1.54) is 22.1 Å². The number of hydrogen-bond acceptors (Lipinski definition) is 5. The first-order valence-corrected chi connectivity index (χ1v) is 12.3. The Morgan fingerprint density at radius 2 is 1.65 bits per heavy atom. The van der Waals surface area contributed by atoms with Crippen molar-refractivity contribution < 1.29 is 13.2 Å². The van der Waals surface area contributed by atoms with E-state index in [0.29, 0.717) is 25.2 Å². The minimum Gasteiger partial charge on any atom is -0.369 e. The van der Waals surface area contributed by atoms with Gasteiger partial charge in [0.2, 0.25) is 10.0 Å². The maximum absolute atomic E-state index is 12.7. The van der Waals surface area contributed by atoms with E-state index >= 15 is 0 Å². The van der Waals surface area contributed by atoms with Crippen molar-refractivity contribution in [2.45, 2.75) is 18.7 Å². The number of anilines is 1. The summed E-state index contributed by atoms with van der Waals surface area (Å²) in [5, 5.41) is 2.92. The average Bonchev–Trinajstić information content (AvgIpc) is 2.81. The zero-order valence-corrected chi connectivity index (χ0v) is 19.1. The van der Waals surface area contributed by atoms with Crippen molar-refractivity contribution in [3.63, 3.8) is 0 Å². The molecule has 3 rings (SSSR count). The molecule has 0 spiro atoms. The third-order valence-corrected chi connectivity index (χ3v) is 7.69. The summed E-state index contributed by atoms with van der Waals surface area (Å²) in [4.78, 5) is 17.4. The summed E-state index contributed by atoms with van der Waals surface area (Å²) < 4.78 is 26.8. The summed E-state index contributed by atoms with van der Waals surface area (Å²) in [5.74, 6) is -0.250. The number of sulfonamides is 1. The topological polar surface area (TPSA) is 73.0 Å². The number of benzene rings is 2. The maximum Gasteiger partial charge on any atom is 0.251 e. The van der Waals surface area contributed by atoms with Gasteiger partial charge in [0.25, 0.3) is 5.91 Å². The van der Waals surface area contributed by atoms with E-state index < -0.39 is 10.0 Å². The van der Waals surface area contributed by atoms with Gasteiger partial charge in [-0.25, -0.2) is 8.42 Å². The lowest BCUT2D eigenvalue weighted by Gasteiger charge is -2.36. The van der Waals surface area contributed by atoms with Gasteiger partial charge in [-0.2, -0.15) is 4.31 Å². The monoisotopic (exact) mass is 444 g/mol. The fourth-order valence-electron chi connectivity index (χ4n) is 3.81. The van der Waals surface area contributed by atoms with Crippen LogP contribution in [0.2, 0.25) is 0 Å². The lowest BCUT2D eigenvalue weighted by atomic mass is 10.2. The molecule has 1 aliphatic rings. The fraction of sp³-hybridized carbons (Fsp3) is 0.435. The summed E-state index contributed by atoms with van der Waals surface area (Å²) >= 11 is 0. The summed E-state index contributed by atoms with van der Waals surface area (Å²) in [6.45, 7) is 9.51. The molecule has 1 heterocycles. The van der Waals surface area contributed by atoms with Crippen molar-refractivity contribution in [1.82, 2.24) is 14.5 Å². The highest BCUT2D eigenvalue weighted by Gasteiger charge is 2.22. The first-order chi connectivity index (χ1) is 15.0. The molecule has 1 aliphatic heterocycles. The molecule has 7 nitrogen and oxygen atoms in total. The zero-order valence-electron chi connectivity index (χ0n) is 18.3. The van der Waals surface area contributed by atoms with Crippen molar-refractivity contribution in [2.24, 2.45) is 0 Å². The van der Waals surface area contributed by atoms with Crippen molar-refractivity contribution in [3.8, 4) is 0 Å². The number of carbonyl (C=O) groups excluding carboxylic acids is 1. The summed E-state index contributed by atoms with van der Waals surface area (Å²) in [6, 6.07) is 16.7. The fourth-order valence-corrected chi connectivity index (χ4v) is 5.31. The van der Waals surface area contributed by atoms with E-state index in [0.717, 1.165) is 32.7 Å². The lowest BCUT2D eigenvalue weighted by Crippen LogP contribution is -2.48. The number of carbonyl (C=O) groups is 1. The molecular weight excluding hydrogens is 412 g/mol. The molecule has 0 radical (unpaired) electrons. The summed E-state index contributed by atoms with van der Waals surface area (Å²) in [7, 11) is -3.58. The molecule has 2 aromatic rings. The van der Waals surface area contributed by atoms with E-state index in [4.69, 9.17) is 0 Å². The van der Waals surface area contributed by atoms with E-state index in [1.54, 1.807) is 26.0 Å². The van der Waals surface area contributed by atoms with E-state index in [-0.39, 0.29) is 10.8 Å². The van der Waals surface area contributed by atoms with Crippen LogP contribution in [0.5, 0.6) is 0 Å². The van der Waals surface area contributed by atoms with E-state index in [2.05, 4.69) is 39.4 Å². The molecule has 0 atom stereocenters. The molecule has 1 N–H and O–H groups in total. The van der Waals surface area contributed by atoms with Crippen molar-refractivity contribution in [3.05, 3.63) is 60.2 Å². The third kappa shape index (κ3) is 5.84. The average molecular weight is 445 g/mol. The highest BCUT2D eigenvalue weighted by atomic mass is 32.2. The Bertz CT molecular complexity index is 954. The maximum atomic E-state index is 12.7. The molecular formula is C23H32N4O3S. The van der Waals surface area contributed by atoms with E-state index in [9.17, 15) is 13.2 Å². The lowest BCUT2D eigenvalue weighted by molar-refractivity contribution is 0.0947. The summed E-state index contributed by atoms with van der Waals surface area (Å²) in [6.07, 6.45) is 0. The second kappa shape index (κ2) is 10.7. The first kappa shape index (κ1) is 23.2. The molecule has 31 heavy (non-hydrogen) atoms. The normalized spacial score (nSPS) is 15.3. The van der Waals surface area contributed by atoms with Gasteiger partial charge in [0.1, 0.15) is 0 Å². The van der Waals surface area contributed by atoms with Crippen LogP contribution in [0.25, 0.3) is 0 Å². The minimum atomic E-state index is -3.58. The van der Waals surface area contributed by atoms with Crippen LogP contribution in [-0.2, 0) is 10.0 Å². The van der Waals surface area contributed by atoms with Gasteiger partial charge in [-0.3, -0.25) is 9.69 Å². The number of hydrogen-bond donors (Lipinski definition) is 1. The van der Waals surface area contributed by atoms with Crippen LogP contribution < -0.4 is 10.2 Å². The Kier molecular flexibility index (Phi) is 8.06. The standard InChI is InChI=1S/C23H32N4O3S/c1-3-27(4-2)31(29,30)22-12-8-9-20(19-22)23(28)24-13-14-25-15-17-26(18-16-25)21-10-6-5-7-11-21/h5-12,19H,3-4,13-18H2,1-2H3,(H,24,28). The van der Waals surface area contributed by atoms with E-state index in [1.807, 2.05) is 6.07 Å². The number of para-hydroxylation sites is 1. The predicted molar refractivity (Wildman–Crippen MR) is 124 cm³/mol. The van der Waals surface area contributed by atoms with Gasteiger partial charge in [-0.05, 0) is 30.3 Å². The van der Waals surface area contributed by atoms with Crippen molar-refractivity contribution in [2.75, 3.05) is 57.3 Å². The van der Waals surface area contributed by atoms with Crippen LogP contribution in [0, 0.1) is 0 Å².